The Bertz CT molecular complexity index is 3380. The lowest BCUT2D eigenvalue weighted by Gasteiger charge is -2.28. The molecular weight excluding hydrogens is 679 g/mol. The molecule has 0 bridgehead atoms. The lowest BCUT2D eigenvalue weighted by Crippen LogP contribution is -2.18. The zero-order valence-electron chi connectivity index (χ0n) is 35.1. The van der Waals surface area contributed by atoms with E-state index in [1.165, 1.54) is 17.7 Å². The van der Waals surface area contributed by atoms with Crippen LogP contribution >= 0.6 is 0 Å². The van der Waals surface area contributed by atoms with Crippen molar-refractivity contribution in [2.24, 2.45) is 0 Å². The van der Waals surface area contributed by atoms with Gasteiger partial charge >= 0.3 is 0 Å². The highest BCUT2D eigenvalue weighted by molar-refractivity contribution is 6.13. The Hall–Kier alpha value is -6.52. The zero-order valence-corrected chi connectivity index (χ0v) is 30.1. The van der Waals surface area contributed by atoms with Crippen LogP contribution in [0.1, 0.15) is 44.2 Å². The summed E-state index contributed by atoms with van der Waals surface area (Å²) in [5, 5.41) is 3.84. The van der Waals surface area contributed by atoms with Crippen molar-refractivity contribution in [1.29, 1.82) is 0 Å². The van der Waals surface area contributed by atoms with Crippen molar-refractivity contribution in [2.75, 3.05) is 0 Å². The molecule has 0 amide bonds. The molecule has 1 atom stereocenters. The first-order chi connectivity index (χ1) is 28.9. The van der Waals surface area contributed by atoms with Gasteiger partial charge in [-0.3, -0.25) is 0 Å². The molecular formula is C51H36F2N2. The quantitative estimate of drug-likeness (QED) is 0.171. The first kappa shape index (κ1) is 27.1. The van der Waals surface area contributed by atoms with Crippen LogP contribution in [0, 0.1) is 11.6 Å². The fourth-order valence-electron chi connectivity index (χ4n) is 9.51. The molecule has 0 saturated heterocycles. The number of fused-ring (bicyclic) bond motifs is 9. The van der Waals surface area contributed by atoms with E-state index in [1.807, 2.05) is 54.6 Å². The maximum absolute atomic E-state index is 15.3. The Labute approximate surface area is 324 Å². The minimum absolute atomic E-state index is 0.150. The normalized spacial score (nSPS) is 17.4. The van der Waals surface area contributed by atoms with E-state index < -0.39 is 6.04 Å². The first-order valence-electron chi connectivity index (χ1n) is 21.1. The third-order valence-electron chi connectivity index (χ3n) is 12.0. The van der Waals surface area contributed by atoms with Gasteiger partial charge in [0, 0.05) is 44.3 Å². The fraction of sp³-hybridized carbons (Fsp3) is 0.0980. The molecule has 0 aliphatic heterocycles. The van der Waals surface area contributed by atoms with Crippen molar-refractivity contribution in [2.45, 2.75) is 31.6 Å². The number of benzene rings is 7. The molecule has 264 valence electrons. The van der Waals surface area contributed by atoms with Gasteiger partial charge in [-0.25, -0.2) is 8.78 Å². The second kappa shape index (κ2) is 11.7. The van der Waals surface area contributed by atoms with Crippen LogP contribution in [0.15, 0.2) is 169 Å². The lowest BCUT2D eigenvalue weighted by molar-refractivity contribution is 0.612. The zero-order chi connectivity index (χ0) is 41.4. The van der Waals surface area contributed by atoms with E-state index in [4.69, 9.17) is 6.85 Å². The molecule has 2 aromatic heterocycles. The highest BCUT2D eigenvalue weighted by Crippen LogP contribution is 2.57. The van der Waals surface area contributed by atoms with Gasteiger partial charge in [-0.05, 0) is 119 Å². The van der Waals surface area contributed by atoms with Gasteiger partial charge in [-0.15, -0.1) is 0 Å². The summed E-state index contributed by atoms with van der Waals surface area (Å²) in [6.45, 7) is 4.35. The van der Waals surface area contributed by atoms with Gasteiger partial charge < -0.3 is 9.13 Å². The van der Waals surface area contributed by atoms with E-state index >= 15 is 4.39 Å². The van der Waals surface area contributed by atoms with Crippen LogP contribution in [0.25, 0.3) is 77.2 Å². The van der Waals surface area contributed by atoms with Gasteiger partial charge in [0.2, 0.25) is 0 Å². The van der Waals surface area contributed by atoms with Gasteiger partial charge in [-0.2, -0.15) is 0 Å². The van der Waals surface area contributed by atoms with Crippen molar-refractivity contribution < 1.29 is 15.6 Å². The summed E-state index contributed by atoms with van der Waals surface area (Å²) in [5.74, 6) is -0.786. The standard InChI is InChI=1S/C51H36F2N2/c1-51(2)44-23-20-37(30-43(44)50-38(14-9-15-45(50)51)31-10-5-3-6-11-31)55-47-25-17-33(27-42(47)40-22-19-35(53)29-49(40)55)32-16-24-46-41(26-32)39-21-18-34(52)28-48(39)54(46)36-12-7-4-8-13-36/h3-29,43H,30H2,1-2H3/i3D,5D,6D,10D,11D. The number of nitrogens with zero attached hydrogens (tertiary/aromatic N) is 2. The highest BCUT2D eigenvalue weighted by Gasteiger charge is 2.44. The van der Waals surface area contributed by atoms with Crippen LogP contribution in [-0.4, -0.2) is 9.13 Å². The predicted octanol–water partition coefficient (Wildman–Crippen LogP) is 13.7. The number of para-hydroxylation sites is 1. The van der Waals surface area contributed by atoms with Crippen molar-refractivity contribution in [3.8, 4) is 27.9 Å². The van der Waals surface area contributed by atoms with Gasteiger partial charge in [0.25, 0.3) is 0 Å². The summed E-state index contributed by atoms with van der Waals surface area (Å²) in [6.07, 6.45) is 4.84. The van der Waals surface area contributed by atoms with Crippen LogP contribution in [0.4, 0.5) is 8.78 Å². The SMILES string of the molecule is [2H]c1c([2H])c([2H])c(-c2cccc3c2C2CC(n4c5ccc(-c6ccc7c(c6)c6ccc(F)cc6n7-c6ccccc6)cc5c5ccc(F)cc54)=CC=C2C3(C)C)c([2H])c1[2H]. The number of halogens is 2. The summed E-state index contributed by atoms with van der Waals surface area (Å²) in [5.41, 5.74) is 11.0. The Balaban J connectivity index is 1.06. The van der Waals surface area contributed by atoms with E-state index in [-0.39, 0.29) is 52.7 Å². The van der Waals surface area contributed by atoms with Crippen molar-refractivity contribution in [3.05, 3.63) is 192 Å². The van der Waals surface area contributed by atoms with Gasteiger partial charge in [-0.1, -0.05) is 104 Å². The predicted molar refractivity (Wildman–Crippen MR) is 224 cm³/mol. The smallest absolute Gasteiger partial charge is 0.125 e. The molecule has 0 spiro atoms. The molecule has 7 aromatic carbocycles. The van der Waals surface area contributed by atoms with Crippen LogP contribution in [0.5, 0.6) is 0 Å². The fourth-order valence-corrected chi connectivity index (χ4v) is 9.51. The van der Waals surface area contributed by atoms with E-state index in [1.54, 1.807) is 12.1 Å². The second-order valence-corrected chi connectivity index (χ2v) is 15.2. The van der Waals surface area contributed by atoms with Crippen LogP contribution < -0.4 is 0 Å². The Morgan fingerprint density at radius 3 is 1.89 bits per heavy atom. The molecule has 4 heteroatoms. The number of rotatable bonds is 4. The van der Waals surface area contributed by atoms with Gasteiger partial charge in [0.05, 0.1) is 28.9 Å². The summed E-state index contributed by atoms with van der Waals surface area (Å²) < 4.78 is 77.0. The van der Waals surface area contributed by atoms with E-state index in [0.717, 1.165) is 77.2 Å². The molecule has 2 nitrogen and oxygen atoms in total. The molecule has 2 heterocycles. The summed E-state index contributed by atoms with van der Waals surface area (Å²) in [7, 11) is 0. The molecule has 9 aromatic rings. The minimum Gasteiger partial charge on any atom is -0.313 e. The molecule has 0 fully saturated rings. The van der Waals surface area contributed by atoms with Gasteiger partial charge in [0.1, 0.15) is 11.6 Å². The molecule has 0 saturated carbocycles. The molecule has 55 heavy (non-hydrogen) atoms. The molecule has 2 aliphatic rings. The van der Waals surface area contributed by atoms with Crippen molar-refractivity contribution in [1.82, 2.24) is 9.13 Å². The minimum atomic E-state index is -0.417. The van der Waals surface area contributed by atoms with Crippen LogP contribution in [0.3, 0.4) is 0 Å². The maximum Gasteiger partial charge on any atom is 0.125 e. The van der Waals surface area contributed by atoms with E-state index in [2.05, 4.69) is 77.6 Å². The third-order valence-corrected chi connectivity index (χ3v) is 12.0. The number of allylic oxidation sites excluding steroid dienone is 4. The molecule has 2 aliphatic carbocycles. The highest BCUT2D eigenvalue weighted by atomic mass is 19.1. The second-order valence-electron chi connectivity index (χ2n) is 15.2. The topological polar surface area (TPSA) is 9.86 Å². The van der Waals surface area contributed by atoms with E-state index in [0.29, 0.717) is 12.0 Å². The number of aromatic nitrogens is 2. The van der Waals surface area contributed by atoms with Gasteiger partial charge in [0.15, 0.2) is 0 Å². The summed E-state index contributed by atoms with van der Waals surface area (Å²) in [6, 6.07) is 36.8. The number of hydrogen-bond acceptors (Lipinski definition) is 0. The summed E-state index contributed by atoms with van der Waals surface area (Å²) in [4.78, 5) is 0. The molecule has 11 rings (SSSR count). The monoisotopic (exact) mass is 719 g/mol. The lowest BCUT2D eigenvalue weighted by atomic mass is 9.78. The van der Waals surface area contributed by atoms with Crippen LogP contribution in [-0.2, 0) is 5.41 Å². The summed E-state index contributed by atoms with van der Waals surface area (Å²) >= 11 is 0. The van der Waals surface area contributed by atoms with Crippen molar-refractivity contribution in [3.63, 3.8) is 0 Å². The first-order valence-corrected chi connectivity index (χ1v) is 18.6. The largest absolute Gasteiger partial charge is 0.313 e. The average molecular weight is 720 g/mol. The van der Waals surface area contributed by atoms with Crippen molar-refractivity contribution >= 4 is 49.3 Å². The third kappa shape index (κ3) is 4.70. The Kier molecular flexibility index (Phi) is 5.79. The average Bonchev–Trinajstić information content (AvgIpc) is 3.83. The number of hydrogen-bond donors (Lipinski definition) is 0. The van der Waals surface area contributed by atoms with E-state index in [9.17, 15) is 4.39 Å². The molecule has 0 radical (unpaired) electrons. The Morgan fingerprint density at radius 1 is 0.582 bits per heavy atom. The molecule has 0 N–H and O–H groups in total. The van der Waals surface area contributed by atoms with Crippen LogP contribution in [0.2, 0.25) is 0 Å². The Morgan fingerprint density at radius 2 is 1.22 bits per heavy atom. The molecule has 1 unspecified atom stereocenters. The maximum atomic E-state index is 15.3.